The van der Waals surface area contributed by atoms with Crippen molar-refractivity contribution < 1.29 is 4.79 Å². The molecule has 1 aliphatic rings. The summed E-state index contributed by atoms with van der Waals surface area (Å²) in [6, 6.07) is 10.5. The Kier molecular flexibility index (Phi) is 6.62. The van der Waals surface area contributed by atoms with Gasteiger partial charge in [0.25, 0.3) is 0 Å². The number of nitrogens with zero attached hydrogens (tertiary/aromatic N) is 1. The molecule has 1 aromatic carbocycles. The number of carbonyl (C=O) groups is 1. The molecule has 2 heterocycles. The summed E-state index contributed by atoms with van der Waals surface area (Å²) < 4.78 is 0. The molecule has 0 saturated heterocycles. The third kappa shape index (κ3) is 4.61. The van der Waals surface area contributed by atoms with Crippen LogP contribution in [-0.4, -0.2) is 18.2 Å². The Labute approximate surface area is 160 Å². The molecular formula is C22H28N2OS. The van der Waals surface area contributed by atoms with Crippen molar-refractivity contribution >= 4 is 28.0 Å². The number of thiophene rings is 1. The van der Waals surface area contributed by atoms with E-state index in [0.29, 0.717) is 0 Å². The van der Waals surface area contributed by atoms with Crippen LogP contribution in [-0.2, 0) is 11.2 Å². The zero-order valence-corrected chi connectivity index (χ0v) is 16.6. The van der Waals surface area contributed by atoms with E-state index >= 15 is 0 Å². The molecule has 0 bridgehead atoms. The van der Waals surface area contributed by atoms with Crippen LogP contribution in [0.3, 0.4) is 0 Å². The van der Waals surface area contributed by atoms with E-state index in [2.05, 4.69) is 42.4 Å². The van der Waals surface area contributed by atoms with E-state index < -0.39 is 0 Å². The Hall–Kier alpha value is -1.94. The molecule has 0 aliphatic carbocycles. The van der Waals surface area contributed by atoms with Crippen LogP contribution in [0.4, 0.5) is 5.00 Å². The summed E-state index contributed by atoms with van der Waals surface area (Å²) >= 11 is 1.71. The minimum Gasteiger partial charge on any atom is -0.316 e. The lowest BCUT2D eigenvalue weighted by Crippen LogP contribution is -2.12. The first kappa shape index (κ1) is 18.8. The van der Waals surface area contributed by atoms with Crippen LogP contribution in [0.25, 0.3) is 0 Å². The molecule has 3 nitrogen and oxygen atoms in total. The number of hydrogen-bond acceptors (Lipinski definition) is 3. The van der Waals surface area contributed by atoms with Gasteiger partial charge in [0.2, 0.25) is 5.91 Å². The lowest BCUT2D eigenvalue weighted by atomic mass is 9.99. The second kappa shape index (κ2) is 9.13. The lowest BCUT2D eigenvalue weighted by molar-refractivity contribution is -0.114. The van der Waals surface area contributed by atoms with Gasteiger partial charge in [-0.3, -0.25) is 9.79 Å². The number of anilines is 1. The van der Waals surface area contributed by atoms with Crippen molar-refractivity contribution in [1.29, 1.82) is 0 Å². The van der Waals surface area contributed by atoms with E-state index in [9.17, 15) is 4.79 Å². The van der Waals surface area contributed by atoms with E-state index in [1.165, 1.54) is 49.0 Å². The normalized spacial score (nSPS) is 13.8. The number of fused-ring (bicyclic) bond motifs is 1. The van der Waals surface area contributed by atoms with E-state index in [1.54, 1.807) is 11.3 Å². The van der Waals surface area contributed by atoms with Crippen LogP contribution in [0.5, 0.6) is 0 Å². The maximum Gasteiger partial charge on any atom is 0.246 e. The highest BCUT2D eigenvalue weighted by Crippen LogP contribution is 2.33. The first-order chi connectivity index (χ1) is 12.7. The monoisotopic (exact) mass is 368 g/mol. The van der Waals surface area contributed by atoms with Crippen molar-refractivity contribution in [3.63, 3.8) is 0 Å². The minimum absolute atomic E-state index is 0.0252. The third-order valence-electron chi connectivity index (χ3n) is 4.85. The van der Waals surface area contributed by atoms with Crippen LogP contribution in [0.2, 0.25) is 0 Å². The van der Waals surface area contributed by atoms with Crippen LogP contribution in [0.1, 0.15) is 67.0 Å². The fourth-order valence-electron chi connectivity index (χ4n) is 3.38. The van der Waals surface area contributed by atoms with Gasteiger partial charge >= 0.3 is 0 Å². The van der Waals surface area contributed by atoms with Gasteiger partial charge in [-0.1, -0.05) is 63.3 Å². The number of unbranched alkanes of at least 4 members (excludes halogenated alkanes) is 5. The second-order valence-corrected chi connectivity index (χ2v) is 8.14. The number of nitrogens with one attached hydrogen (secondary N) is 1. The number of aryl methyl sites for hydroxylation is 2. The van der Waals surface area contributed by atoms with Crippen molar-refractivity contribution in [3.8, 4) is 0 Å². The largest absolute Gasteiger partial charge is 0.316 e. The molecule has 1 aliphatic heterocycles. The summed E-state index contributed by atoms with van der Waals surface area (Å²) in [7, 11) is 0. The summed E-state index contributed by atoms with van der Waals surface area (Å²) in [5.74, 6) is -0.0252. The first-order valence-corrected chi connectivity index (χ1v) is 10.5. The summed E-state index contributed by atoms with van der Waals surface area (Å²) in [6.45, 7) is 4.54. The molecule has 1 amide bonds. The minimum atomic E-state index is -0.0252. The Bertz CT molecular complexity index is 791. The van der Waals surface area contributed by atoms with Gasteiger partial charge in [0.15, 0.2) is 0 Å². The Morgan fingerprint density at radius 3 is 2.65 bits per heavy atom. The molecular weight excluding hydrogens is 340 g/mol. The average molecular weight is 369 g/mol. The second-order valence-electron chi connectivity index (χ2n) is 7.00. The highest BCUT2D eigenvalue weighted by molar-refractivity contribution is 7.16. The molecule has 0 saturated carbocycles. The van der Waals surface area contributed by atoms with Crippen molar-refractivity contribution in [3.05, 3.63) is 51.9 Å². The van der Waals surface area contributed by atoms with Crippen LogP contribution in [0.15, 0.2) is 35.3 Å². The maximum atomic E-state index is 12.1. The van der Waals surface area contributed by atoms with Gasteiger partial charge in [-0.2, -0.15) is 0 Å². The Morgan fingerprint density at radius 1 is 1.08 bits per heavy atom. The number of amides is 1. The average Bonchev–Trinajstić information content (AvgIpc) is 2.95. The lowest BCUT2D eigenvalue weighted by Gasteiger charge is -2.08. The molecule has 0 fully saturated rings. The number of hydrogen-bond donors (Lipinski definition) is 1. The molecule has 0 radical (unpaired) electrons. The smallest absolute Gasteiger partial charge is 0.246 e. The molecule has 26 heavy (non-hydrogen) atoms. The molecule has 2 aromatic rings. The molecule has 1 N–H and O–H groups in total. The number of carbonyl (C=O) groups excluding carboxylic acids is 1. The van der Waals surface area contributed by atoms with Gasteiger partial charge in [0.1, 0.15) is 11.5 Å². The SMILES string of the molecule is CCCCCCCCc1cc2c(s1)NC(=O)CN=C2c1ccccc1C. The molecule has 3 rings (SSSR count). The third-order valence-corrected chi connectivity index (χ3v) is 5.96. The summed E-state index contributed by atoms with van der Waals surface area (Å²) in [4.78, 5) is 18.0. The van der Waals surface area contributed by atoms with E-state index in [-0.39, 0.29) is 12.5 Å². The van der Waals surface area contributed by atoms with E-state index in [1.807, 2.05) is 12.1 Å². The Morgan fingerprint density at radius 2 is 1.85 bits per heavy atom. The summed E-state index contributed by atoms with van der Waals surface area (Å²) in [5, 5.41) is 4.00. The predicted molar refractivity (Wildman–Crippen MR) is 112 cm³/mol. The highest BCUT2D eigenvalue weighted by atomic mass is 32.1. The summed E-state index contributed by atoms with van der Waals surface area (Å²) in [6.07, 6.45) is 8.89. The van der Waals surface area contributed by atoms with Gasteiger partial charge in [0, 0.05) is 16.0 Å². The molecule has 138 valence electrons. The zero-order chi connectivity index (χ0) is 18.4. The van der Waals surface area contributed by atoms with Gasteiger partial charge in [0.05, 0.1) is 5.71 Å². The van der Waals surface area contributed by atoms with E-state index in [4.69, 9.17) is 0 Å². The predicted octanol–water partition coefficient (Wildman–Crippen LogP) is 5.75. The van der Waals surface area contributed by atoms with Gasteiger partial charge in [-0.15, -0.1) is 11.3 Å². The van der Waals surface area contributed by atoms with Crippen LogP contribution < -0.4 is 5.32 Å². The van der Waals surface area contributed by atoms with Crippen molar-refractivity contribution in [2.75, 3.05) is 11.9 Å². The summed E-state index contributed by atoms with van der Waals surface area (Å²) in [5.41, 5.74) is 4.34. The standard InChI is InChI=1S/C22H28N2OS/c1-3-4-5-6-7-8-12-17-14-19-21(18-13-10-9-11-16(18)2)23-15-20(25)24-22(19)26-17/h9-11,13-14H,3-8,12,15H2,1-2H3,(H,24,25). The molecule has 1 aromatic heterocycles. The van der Waals surface area contributed by atoms with E-state index in [0.717, 1.165) is 28.3 Å². The van der Waals surface area contributed by atoms with Gasteiger partial charge in [-0.25, -0.2) is 0 Å². The van der Waals surface area contributed by atoms with Gasteiger partial charge in [-0.05, 0) is 31.4 Å². The quantitative estimate of drug-likeness (QED) is 0.592. The van der Waals surface area contributed by atoms with Crippen molar-refractivity contribution in [2.45, 2.75) is 58.8 Å². The molecule has 0 atom stereocenters. The molecule has 4 heteroatoms. The van der Waals surface area contributed by atoms with Crippen LogP contribution in [0, 0.1) is 6.92 Å². The zero-order valence-electron chi connectivity index (χ0n) is 15.8. The fourth-order valence-corrected chi connectivity index (χ4v) is 4.50. The molecule has 0 spiro atoms. The first-order valence-electron chi connectivity index (χ1n) is 9.72. The highest BCUT2D eigenvalue weighted by Gasteiger charge is 2.21. The fraction of sp³-hybridized carbons (Fsp3) is 0.455. The number of aliphatic imine (C=N–C) groups is 1. The number of benzene rings is 1. The molecule has 0 unspecified atom stereocenters. The van der Waals surface area contributed by atoms with Crippen molar-refractivity contribution in [1.82, 2.24) is 0 Å². The Balaban J connectivity index is 1.76. The number of rotatable bonds is 8. The van der Waals surface area contributed by atoms with Crippen LogP contribution >= 0.6 is 11.3 Å². The van der Waals surface area contributed by atoms with Crippen molar-refractivity contribution in [2.24, 2.45) is 4.99 Å². The topological polar surface area (TPSA) is 41.5 Å². The van der Waals surface area contributed by atoms with Gasteiger partial charge < -0.3 is 5.32 Å². The maximum absolute atomic E-state index is 12.1.